The second kappa shape index (κ2) is 8.98. The maximum absolute atomic E-state index is 11.7. The van der Waals surface area contributed by atoms with Crippen molar-refractivity contribution < 1.29 is 14.6 Å². The van der Waals surface area contributed by atoms with Crippen LogP contribution >= 0.6 is 11.6 Å². The van der Waals surface area contributed by atoms with Crippen molar-refractivity contribution in [2.24, 2.45) is 0 Å². The normalized spacial score (nSPS) is 21.4. The standard InChI is InChI=1S/C16H23ClN2O3/c17-13-3-1-12(2-4-13)11-22-10-9-18-16(21)19-14-5-7-15(20)8-6-14/h1-4,14-15,20H,5-11H2,(H2,18,19,21). The van der Waals surface area contributed by atoms with Crippen LogP contribution < -0.4 is 10.6 Å². The molecule has 1 aromatic carbocycles. The molecule has 0 unspecified atom stereocenters. The minimum absolute atomic E-state index is 0.165. The van der Waals surface area contributed by atoms with E-state index in [1.165, 1.54) is 0 Å². The maximum atomic E-state index is 11.7. The van der Waals surface area contributed by atoms with Crippen molar-refractivity contribution in [2.45, 2.75) is 44.4 Å². The molecule has 2 rings (SSSR count). The van der Waals surface area contributed by atoms with E-state index in [1.54, 1.807) is 0 Å². The van der Waals surface area contributed by atoms with E-state index in [9.17, 15) is 9.90 Å². The number of nitrogens with one attached hydrogen (secondary N) is 2. The third kappa shape index (κ3) is 6.22. The Morgan fingerprint density at radius 2 is 1.91 bits per heavy atom. The zero-order valence-corrected chi connectivity index (χ0v) is 13.3. The number of halogens is 1. The van der Waals surface area contributed by atoms with Crippen molar-refractivity contribution >= 4 is 17.6 Å². The Morgan fingerprint density at radius 3 is 2.59 bits per heavy atom. The third-order valence-corrected chi connectivity index (χ3v) is 4.00. The molecule has 0 aromatic heterocycles. The lowest BCUT2D eigenvalue weighted by atomic mass is 9.93. The Kier molecular flexibility index (Phi) is 6.96. The first-order chi connectivity index (χ1) is 10.6. The molecular formula is C16H23ClN2O3. The van der Waals surface area contributed by atoms with Gasteiger partial charge < -0.3 is 20.5 Å². The fourth-order valence-corrected chi connectivity index (χ4v) is 2.59. The van der Waals surface area contributed by atoms with E-state index < -0.39 is 0 Å². The molecule has 0 aliphatic heterocycles. The summed E-state index contributed by atoms with van der Waals surface area (Å²) in [6, 6.07) is 7.48. The summed E-state index contributed by atoms with van der Waals surface area (Å²) < 4.78 is 5.50. The van der Waals surface area contributed by atoms with Gasteiger partial charge in [0, 0.05) is 17.6 Å². The minimum Gasteiger partial charge on any atom is -0.393 e. The minimum atomic E-state index is -0.206. The number of carbonyl (C=O) groups excluding carboxylic acids is 1. The molecule has 1 aliphatic rings. The molecule has 2 amide bonds. The first-order valence-corrected chi connectivity index (χ1v) is 8.06. The van der Waals surface area contributed by atoms with Crippen LogP contribution in [0.5, 0.6) is 0 Å². The lowest BCUT2D eigenvalue weighted by Crippen LogP contribution is -2.44. The maximum Gasteiger partial charge on any atom is 0.315 e. The predicted molar refractivity (Wildman–Crippen MR) is 85.9 cm³/mol. The van der Waals surface area contributed by atoms with Crippen molar-refractivity contribution in [1.82, 2.24) is 10.6 Å². The van der Waals surface area contributed by atoms with Gasteiger partial charge in [0.15, 0.2) is 0 Å². The molecule has 0 heterocycles. The molecule has 5 nitrogen and oxygen atoms in total. The Labute approximate surface area is 136 Å². The van der Waals surface area contributed by atoms with Crippen LogP contribution in [0.15, 0.2) is 24.3 Å². The number of ether oxygens (including phenoxy) is 1. The molecule has 0 atom stereocenters. The highest BCUT2D eigenvalue weighted by Gasteiger charge is 2.20. The number of hydrogen-bond acceptors (Lipinski definition) is 3. The number of aliphatic hydroxyl groups is 1. The second-order valence-electron chi connectivity index (χ2n) is 5.58. The van der Waals surface area contributed by atoms with Crippen LogP contribution in [0, 0.1) is 0 Å². The first-order valence-electron chi connectivity index (χ1n) is 7.68. The number of hydrogen-bond donors (Lipinski definition) is 3. The molecular weight excluding hydrogens is 304 g/mol. The molecule has 122 valence electrons. The van der Waals surface area contributed by atoms with Crippen LogP contribution in [0.3, 0.4) is 0 Å². The molecule has 1 aromatic rings. The number of urea groups is 1. The van der Waals surface area contributed by atoms with Gasteiger partial charge in [0.05, 0.1) is 19.3 Å². The van der Waals surface area contributed by atoms with E-state index in [0.29, 0.717) is 24.8 Å². The monoisotopic (exact) mass is 326 g/mol. The van der Waals surface area contributed by atoms with E-state index in [4.69, 9.17) is 16.3 Å². The Balaban J connectivity index is 1.52. The van der Waals surface area contributed by atoms with Gasteiger partial charge in [-0.25, -0.2) is 4.79 Å². The van der Waals surface area contributed by atoms with Crippen molar-refractivity contribution in [3.05, 3.63) is 34.9 Å². The summed E-state index contributed by atoms with van der Waals surface area (Å²) >= 11 is 5.81. The summed E-state index contributed by atoms with van der Waals surface area (Å²) in [6.45, 7) is 1.43. The van der Waals surface area contributed by atoms with Crippen molar-refractivity contribution in [2.75, 3.05) is 13.2 Å². The molecule has 6 heteroatoms. The van der Waals surface area contributed by atoms with Gasteiger partial charge >= 0.3 is 6.03 Å². The average molecular weight is 327 g/mol. The smallest absolute Gasteiger partial charge is 0.315 e. The van der Waals surface area contributed by atoms with Crippen molar-refractivity contribution in [3.63, 3.8) is 0 Å². The van der Waals surface area contributed by atoms with Gasteiger partial charge in [-0.3, -0.25) is 0 Å². The largest absolute Gasteiger partial charge is 0.393 e. The number of benzene rings is 1. The van der Waals surface area contributed by atoms with Gasteiger partial charge in [0.25, 0.3) is 0 Å². The predicted octanol–water partition coefficient (Wildman–Crippen LogP) is 2.46. The fraction of sp³-hybridized carbons (Fsp3) is 0.562. The van der Waals surface area contributed by atoms with Crippen LogP contribution in [0.4, 0.5) is 4.79 Å². The fourth-order valence-electron chi connectivity index (χ4n) is 2.46. The molecule has 1 aliphatic carbocycles. The van der Waals surface area contributed by atoms with Gasteiger partial charge in [-0.05, 0) is 43.4 Å². The van der Waals surface area contributed by atoms with Crippen molar-refractivity contribution in [3.8, 4) is 0 Å². The molecule has 3 N–H and O–H groups in total. The number of amides is 2. The molecule has 22 heavy (non-hydrogen) atoms. The molecule has 0 spiro atoms. The highest BCUT2D eigenvalue weighted by Crippen LogP contribution is 2.18. The topological polar surface area (TPSA) is 70.6 Å². The number of carbonyl (C=O) groups is 1. The van der Waals surface area contributed by atoms with E-state index in [1.807, 2.05) is 24.3 Å². The third-order valence-electron chi connectivity index (χ3n) is 3.75. The molecule has 0 radical (unpaired) electrons. The van der Waals surface area contributed by atoms with Crippen molar-refractivity contribution in [1.29, 1.82) is 0 Å². The quantitative estimate of drug-likeness (QED) is 0.703. The Morgan fingerprint density at radius 1 is 1.23 bits per heavy atom. The lowest BCUT2D eigenvalue weighted by Gasteiger charge is -2.26. The molecule has 0 saturated heterocycles. The summed E-state index contributed by atoms with van der Waals surface area (Å²) in [5.41, 5.74) is 1.05. The molecule has 1 saturated carbocycles. The summed E-state index contributed by atoms with van der Waals surface area (Å²) in [6.07, 6.45) is 2.98. The first kappa shape index (κ1) is 17.1. The van der Waals surface area contributed by atoms with E-state index in [2.05, 4.69) is 10.6 Å². The summed E-state index contributed by atoms with van der Waals surface area (Å²) in [5, 5.41) is 15.8. The summed E-state index contributed by atoms with van der Waals surface area (Å²) in [5.74, 6) is 0. The zero-order chi connectivity index (χ0) is 15.8. The van der Waals surface area contributed by atoms with Crippen LogP contribution in [-0.2, 0) is 11.3 Å². The van der Waals surface area contributed by atoms with Crippen LogP contribution in [0.1, 0.15) is 31.2 Å². The second-order valence-corrected chi connectivity index (χ2v) is 6.02. The summed E-state index contributed by atoms with van der Waals surface area (Å²) in [7, 11) is 0. The van der Waals surface area contributed by atoms with Crippen LogP contribution in [0.25, 0.3) is 0 Å². The van der Waals surface area contributed by atoms with Gasteiger partial charge in [-0.1, -0.05) is 23.7 Å². The number of rotatable bonds is 6. The van der Waals surface area contributed by atoms with Gasteiger partial charge in [0.1, 0.15) is 0 Å². The Bertz CT molecular complexity index is 459. The lowest BCUT2D eigenvalue weighted by molar-refractivity contribution is 0.115. The van der Waals surface area contributed by atoms with E-state index >= 15 is 0 Å². The van der Waals surface area contributed by atoms with Gasteiger partial charge in [0.2, 0.25) is 0 Å². The van der Waals surface area contributed by atoms with Crippen LogP contribution in [-0.4, -0.2) is 36.4 Å². The van der Waals surface area contributed by atoms with E-state index in [-0.39, 0.29) is 18.2 Å². The van der Waals surface area contributed by atoms with Gasteiger partial charge in [-0.2, -0.15) is 0 Å². The SMILES string of the molecule is O=C(NCCOCc1ccc(Cl)cc1)NC1CCC(O)CC1. The highest BCUT2D eigenvalue weighted by molar-refractivity contribution is 6.30. The number of aliphatic hydroxyl groups excluding tert-OH is 1. The molecule has 0 bridgehead atoms. The van der Waals surface area contributed by atoms with Gasteiger partial charge in [-0.15, -0.1) is 0 Å². The molecule has 1 fully saturated rings. The summed E-state index contributed by atoms with van der Waals surface area (Å²) in [4.78, 5) is 11.7. The van der Waals surface area contributed by atoms with E-state index in [0.717, 1.165) is 31.2 Å². The Hall–Kier alpha value is -1.30. The highest BCUT2D eigenvalue weighted by atomic mass is 35.5. The average Bonchev–Trinajstić information content (AvgIpc) is 2.51. The van der Waals surface area contributed by atoms with Crippen LogP contribution in [0.2, 0.25) is 5.02 Å². The zero-order valence-electron chi connectivity index (χ0n) is 12.6.